The summed E-state index contributed by atoms with van der Waals surface area (Å²) < 4.78 is 0. The fourth-order valence-corrected chi connectivity index (χ4v) is 3.15. The molecular formula is C19H26N2O4. The number of carboxylic acid groups (broad SMARTS) is 1. The summed E-state index contributed by atoms with van der Waals surface area (Å²) in [7, 11) is 0. The van der Waals surface area contributed by atoms with Gasteiger partial charge >= 0.3 is 5.97 Å². The molecule has 0 radical (unpaired) electrons. The standard InChI is InChI=1S/C19H26N2O4/c1-15(22)21(12-7-16-5-3-2-4-6-16)14-18(23)20-10-8-17(9-11-20)13-19(24)25/h2-6,17H,7-14H2,1H3,(H,24,25). The van der Waals surface area contributed by atoms with Crippen molar-refractivity contribution in [1.82, 2.24) is 9.80 Å². The molecule has 0 spiro atoms. The molecule has 0 aliphatic carbocycles. The first-order valence-electron chi connectivity index (χ1n) is 8.74. The second-order valence-electron chi connectivity index (χ2n) is 6.60. The molecule has 0 bridgehead atoms. The van der Waals surface area contributed by atoms with Crippen molar-refractivity contribution in [2.24, 2.45) is 5.92 Å². The molecule has 1 aliphatic rings. The van der Waals surface area contributed by atoms with E-state index in [4.69, 9.17) is 5.11 Å². The van der Waals surface area contributed by atoms with Crippen molar-refractivity contribution in [2.75, 3.05) is 26.2 Å². The van der Waals surface area contributed by atoms with E-state index >= 15 is 0 Å². The van der Waals surface area contributed by atoms with Crippen molar-refractivity contribution in [1.29, 1.82) is 0 Å². The highest BCUT2D eigenvalue weighted by Gasteiger charge is 2.25. The predicted octanol–water partition coefficient (Wildman–Crippen LogP) is 1.79. The Kier molecular flexibility index (Phi) is 6.98. The van der Waals surface area contributed by atoms with Gasteiger partial charge in [0.1, 0.15) is 0 Å². The van der Waals surface area contributed by atoms with Crippen LogP contribution in [-0.4, -0.2) is 58.9 Å². The highest BCUT2D eigenvalue weighted by Crippen LogP contribution is 2.20. The number of likely N-dealkylation sites (tertiary alicyclic amines) is 1. The van der Waals surface area contributed by atoms with Crippen molar-refractivity contribution in [3.63, 3.8) is 0 Å². The number of carbonyl (C=O) groups is 3. The maximum Gasteiger partial charge on any atom is 0.303 e. The van der Waals surface area contributed by atoms with E-state index in [9.17, 15) is 14.4 Å². The Bertz CT molecular complexity index is 595. The summed E-state index contributed by atoms with van der Waals surface area (Å²) in [5.41, 5.74) is 1.13. The highest BCUT2D eigenvalue weighted by molar-refractivity contribution is 5.84. The molecule has 1 aromatic carbocycles. The van der Waals surface area contributed by atoms with Crippen molar-refractivity contribution in [2.45, 2.75) is 32.6 Å². The monoisotopic (exact) mass is 346 g/mol. The van der Waals surface area contributed by atoms with E-state index in [1.165, 1.54) is 6.92 Å². The van der Waals surface area contributed by atoms with Crippen LogP contribution in [0.25, 0.3) is 0 Å². The fourth-order valence-electron chi connectivity index (χ4n) is 3.15. The average Bonchev–Trinajstić information content (AvgIpc) is 2.59. The molecule has 0 unspecified atom stereocenters. The third-order valence-electron chi connectivity index (χ3n) is 4.72. The molecule has 1 aromatic rings. The molecule has 136 valence electrons. The number of hydrogen-bond donors (Lipinski definition) is 1. The first kappa shape index (κ1) is 19.0. The number of carbonyl (C=O) groups excluding carboxylic acids is 2. The van der Waals surface area contributed by atoms with Gasteiger partial charge in [0.25, 0.3) is 0 Å². The van der Waals surface area contributed by atoms with Gasteiger partial charge in [-0.15, -0.1) is 0 Å². The lowest BCUT2D eigenvalue weighted by molar-refractivity contribution is -0.141. The van der Waals surface area contributed by atoms with Gasteiger partial charge in [0.2, 0.25) is 11.8 Å². The molecule has 0 saturated carbocycles. The Labute approximate surface area is 148 Å². The second kappa shape index (κ2) is 9.20. The van der Waals surface area contributed by atoms with Crippen LogP contribution in [0, 0.1) is 5.92 Å². The van der Waals surface area contributed by atoms with Crippen LogP contribution in [0.4, 0.5) is 0 Å². The van der Waals surface area contributed by atoms with Gasteiger partial charge < -0.3 is 14.9 Å². The number of carboxylic acids is 1. The smallest absolute Gasteiger partial charge is 0.303 e. The lowest BCUT2D eigenvalue weighted by Gasteiger charge is -2.33. The van der Waals surface area contributed by atoms with Crippen molar-refractivity contribution < 1.29 is 19.5 Å². The number of nitrogens with zero attached hydrogens (tertiary/aromatic N) is 2. The minimum atomic E-state index is -0.784. The topological polar surface area (TPSA) is 77.9 Å². The molecule has 0 aromatic heterocycles. The third kappa shape index (κ3) is 6.21. The van der Waals surface area contributed by atoms with Crippen molar-refractivity contribution in [3.8, 4) is 0 Å². The van der Waals surface area contributed by atoms with Crippen LogP contribution in [0.1, 0.15) is 31.7 Å². The summed E-state index contributed by atoms with van der Waals surface area (Å²) in [6.07, 6.45) is 2.30. The van der Waals surface area contributed by atoms with Crippen LogP contribution in [-0.2, 0) is 20.8 Å². The number of hydrogen-bond acceptors (Lipinski definition) is 3. The lowest BCUT2D eigenvalue weighted by Crippen LogP contribution is -2.46. The number of amides is 2. The first-order chi connectivity index (χ1) is 12.0. The third-order valence-corrected chi connectivity index (χ3v) is 4.72. The number of piperidine rings is 1. The van der Waals surface area contributed by atoms with E-state index < -0.39 is 5.97 Å². The van der Waals surface area contributed by atoms with E-state index in [2.05, 4.69) is 0 Å². The Balaban J connectivity index is 1.82. The Hall–Kier alpha value is -2.37. The van der Waals surface area contributed by atoms with E-state index in [1.54, 1.807) is 9.80 Å². The highest BCUT2D eigenvalue weighted by atomic mass is 16.4. The second-order valence-corrected chi connectivity index (χ2v) is 6.60. The molecule has 0 atom stereocenters. The quantitative estimate of drug-likeness (QED) is 0.816. The van der Waals surface area contributed by atoms with Crippen LogP contribution in [0.5, 0.6) is 0 Å². The zero-order valence-electron chi connectivity index (χ0n) is 14.7. The maximum atomic E-state index is 12.5. The van der Waals surface area contributed by atoms with Gasteiger partial charge in [-0.25, -0.2) is 0 Å². The Morgan fingerprint density at radius 1 is 1.16 bits per heavy atom. The zero-order chi connectivity index (χ0) is 18.2. The van der Waals surface area contributed by atoms with Gasteiger partial charge in [0.05, 0.1) is 6.54 Å². The van der Waals surface area contributed by atoms with Crippen LogP contribution in [0.2, 0.25) is 0 Å². The Morgan fingerprint density at radius 3 is 2.36 bits per heavy atom. The van der Waals surface area contributed by atoms with Gasteiger partial charge in [-0.3, -0.25) is 14.4 Å². The molecule has 6 nitrogen and oxygen atoms in total. The van der Waals surface area contributed by atoms with E-state index in [0.717, 1.165) is 5.56 Å². The number of aliphatic carboxylic acids is 1. The van der Waals surface area contributed by atoms with Crippen LogP contribution in [0.3, 0.4) is 0 Å². The molecule has 2 amide bonds. The van der Waals surface area contributed by atoms with Gasteiger partial charge in [0.15, 0.2) is 0 Å². The van der Waals surface area contributed by atoms with E-state index in [1.807, 2.05) is 30.3 Å². The zero-order valence-corrected chi connectivity index (χ0v) is 14.7. The van der Waals surface area contributed by atoms with Gasteiger partial charge in [0, 0.05) is 33.0 Å². The average molecular weight is 346 g/mol. The van der Waals surface area contributed by atoms with E-state index in [0.29, 0.717) is 38.9 Å². The van der Waals surface area contributed by atoms with Crippen LogP contribution < -0.4 is 0 Å². The van der Waals surface area contributed by atoms with Crippen molar-refractivity contribution in [3.05, 3.63) is 35.9 Å². The summed E-state index contributed by atoms with van der Waals surface area (Å²) in [6.45, 7) is 3.23. The van der Waals surface area contributed by atoms with Crippen molar-refractivity contribution >= 4 is 17.8 Å². The molecule has 1 heterocycles. The molecule has 6 heteroatoms. The molecular weight excluding hydrogens is 320 g/mol. The largest absolute Gasteiger partial charge is 0.481 e. The summed E-state index contributed by atoms with van der Waals surface area (Å²) in [5, 5.41) is 8.85. The normalized spacial score (nSPS) is 15.0. The predicted molar refractivity (Wildman–Crippen MR) is 94.0 cm³/mol. The first-order valence-corrected chi connectivity index (χ1v) is 8.74. The van der Waals surface area contributed by atoms with Gasteiger partial charge in [-0.05, 0) is 30.7 Å². The minimum Gasteiger partial charge on any atom is -0.481 e. The summed E-state index contributed by atoms with van der Waals surface area (Å²) >= 11 is 0. The molecule has 2 rings (SSSR count). The minimum absolute atomic E-state index is 0.0583. The molecule has 1 fully saturated rings. The van der Waals surface area contributed by atoms with Crippen LogP contribution >= 0.6 is 0 Å². The summed E-state index contributed by atoms with van der Waals surface area (Å²) in [4.78, 5) is 38.4. The molecule has 1 aliphatic heterocycles. The SMILES string of the molecule is CC(=O)N(CCc1ccccc1)CC(=O)N1CCC(CC(=O)O)CC1. The Morgan fingerprint density at radius 2 is 1.80 bits per heavy atom. The molecule has 1 saturated heterocycles. The summed E-state index contributed by atoms with van der Waals surface area (Å²) in [5.74, 6) is -0.806. The fraction of sp³-hybridized carbons (Fsp3) is 0.526. The van der Waals surface area contributed by atoms with Gasteiger partial charge in [-0.2, -0.15) is 0 Å². The van der Waals surface area contributed by atoms with Gasteiger partial charge in [-0.1, -0.05) is 30.3 Å². The van der Waals surface area contributed by atoms with E-state index in [-0.39, 0.29) is 30.7 Å². The lowest BCUT2D eigenvalue weighted by atomic mass is 9.93. The maximum absolute atomic E-state index is 12.5. The van der Waals surface area contributed by atoms with Crippen LogP contribution in [0.15, 0.2) is 30.3 Å². The summed E-state index contributed by atoms with van der Waals surface area (Å²) in [6, 6.07) is 9.88. The number of benzene rings is 1. The molecule has 25 heavy (non-hydrogen) atoms. The molecule has 1 N–H and O–H groups in total. The number of rotatable bonds is 7.